The lowest BCUT2D eigenvalue weighted by Gasteiger charge is -2.30. The molecule has 0 saturated heterocycles. The van der Waals surface area contributed by atoms with Gasteiger partial charge in [-0.25, -0.2) is 0 Å². The minimum atomic E-state index is -0.158. The molecule has 0 heterocycles. The number of hydrogen-bond donors (Lipinski definition) is 1. The molecule has 0 fully saturated rings. The molecule has 3 atom stereocenters. The zero-order valence-electron chi connectivity index (χ0n) is 9.17. The van der Waals surface area contributed by atoms with E-state index in [0.29, 0.717) is 17.8 Å². The highest BCUT2D eigenvalue weighted by Gasteiger charge is 2.25. The minimum Gasteiger partial charge on any atom is -0.393 e. The Bertz CT molecular complexity index is 99.6. The van der Waals surface area contributed by atoms with Crippen molar-refractivity contribution in [2.24, 2.45) is 17.8 Å². The summed E-state index contributed by atoms with van der Waals surface area (Å²) in [5.41, 5.74) is 0. The molecule has 0 aliphatic heterocycles. The smallest absolute Gasteiger partial charge is 0.0545 e. The van der Waals surface area contributed by atoms with Crippen molar-refractivity contribution in [3.63, 3.8) is 0 Å². The third kappa shape index (κ3) is 3.14. The Morgan fingerprint density at radius 3 is 1.42 bits per heavy atom. The molecule has 1 N–H and O–H groups in total. The van der Waals surface area contributed by atoms with Crippen molar-refractivity contribution in [2.75, 3.05) is 0 Å². The summed E-state index contributed by atoms with van der Waals surface area (Å²) in [4.78, 5) is 0. The van der Waals surface area contributed by atoms with E-state index in [9.17, 15) is 5.11 Å². The second-order valence-electron chi connectivity index (χ2n) is 4.09. The van der Waals surface area contributed by atoms with E-state index in [-0.39, 0.29) is 6.10 Å². The zero-order valence-corrected chi connectivity index (χ0v) is 9.17. The van der Waals surface area contributed by atoms with Crippen LogP contribution in [0.2, 0.25) is 0 Å². The number of rotatable bonds is 5. The minimum absolute atomic E-state index is 0.158. The van der Waals surface area contributed by atoms with Crippen LogP contribution in [0.4, 0.5) is 0 Å². The van der Waals surface area contributed by atoms with Gasteiger partial charge in [-0.05, 0) is 24.7 Å². The first-order valence-electron chi connectivity index (χ1n) is 5.22. The first kappa shape index (κ1) is 12.0. The largest absolute Gasteiger partial charge is 0.393 e. The molecule has 0 spiro atoms. The molecular weight excluding hydrogens is 148 g/mol. The van der Waals surface area contributed by atoms with Crippen molar-refractivity contribution in [1.29, 1.82) is 0 Å². The van der Waals surface area contributed by atoms with E-state index < -0.39 is 0 Å². The molecule has 0 rings (SSSR count). The Morgan fingerprint density at radius 2 is 1.25 bits per heavy atom. The third-order valence-electron chi connectivity index (χ3n) is 3.16. The van der Waals surface area contributed by atoms with Crippen molar-refractivity contribution < 1.29 is 5.11 Å². The average Bonchev–Trinajstić information content (AvgIpc) is 2.03. The average molecular weight is 172 g/mol. The first-order chi connectivity index (χ1) is 5.54. The summed E-state index contributed by atoms with van der Waals surface area (Å²) in [6.45, 7) is 10.8. The first-order valence-corrected chi connectivity index (χ1v) is 5.22. The Morgan fingerprint density at radius 1 is 0.917 bits per heavy atom. The summed E-state index contributed by atoms with van der Waals surface area (Å²) in [7, 11) is 0. The molecule has 1 nitrogen and oxygen atoms in total. The zero-order chi connectivity index (χ0) is 9.72. The van der Waals surface area contributed by atoms with Crippen molar-refractivity contribution in [1.82, 2.24) is 0 Å². The predicted molar refractivity (Wildman–Crippen MR) is 54.1 cm³/mol. The molecule has 0 amide bonds. The second kappa shape index (κ2) is 5.58. The lowest BCUT2D eigenvalue weighted by molar-refractivity contribution is 0.0547. The van der Waals surface area contributed by atoms with Crippen LogP contribution in [0.5, 0.6) is 0 Å². The Hall–Kier alpha value is -0.0400. The van der Waals surface area contributed by atoms with Gasteiger partial charge in [0.15, 0.2) is 0 Å². The molecule has 0 radical (unpaired) electrons. The van der Waals surface area contributed by atoms with E-state index in [2.05, 4.69) is 27.7 Å². The van der Waals surface area contributed by atoms with Crippen LogP contribution in [0.1, 0.15) is 47.5 Å². The van der Waals surface area contributed by atoms with Gasteiger partial charge in [0.2, 0.25) is 0 Å². The monoisotopic (exact) mass is 172 g/mol. The van der Waals surface area contributed by atoms with Gasteiger partial charge >= 0.3 is 0 Å². The summed E-state index contributed by atoms with van der Waals surface area (Å²) in [5.74, 6) is 1.75. The predicted octanol–water partition coefficient (Wildman–Crippen LogP) is 3.08. The van der Waals surface area contributed by atoms with E-state index in [4.69, 9.17) is 0 Å². The molecule has 0 saturated carbocycles. The topological polar surface area (TPSA) is 20.2 Å². The van der Waals surface area contributed by atoms with Crippen LogP contribution >= 0.6 is 0 Å². The third-order valence-corrected chi connectivity index (χ3v) is 3.16. The van der Waals surface area contributed by atoms with Crippen LogP contribution in [0.3, 0.4) is 0 Å². The molecule has 12 heavy (non-hydrogen) atoms. The van der Waals surface area contributed by atoms with Gasteiger partial charge in [-0.2, -0.15) is 0 Å². The highest BCUT2D eigenvalue weighted by molar-refractivity contribution is 4.74. The fourth-order valence-electron chi connectivity index (χ4n) is 2.06. The molecule has 3 unspecified atom stereocenters. The Balaban J connectivity index is 4.21. The quantitative estimate of drug-likeness (QED) is 0.675. The van der Waals surface area contributed by atoms with Crippen LogP contribution < -0.4 is 0 Å². The fraction of sp³-hybridized carbons (Fsp3) is 1.00. The van der Waals surface area contributed by atoms with Crippen LogP contribution in [0, 0.1) is 17.8 Å². The maximum Gasteiger partial charge on any atom is 0.0545 e. The molecular formula is C11H24O. The van der Waals surface area contributed by atoms with Crippen LogP contribution in [-0.4, -0.2) is 11.2 Å². The lowest BCUT2D eigenvalue weighted by Crippen LogP contribution is -2.29. The van der Waals surface area contributed by atoms with Gasteiger partial charge in [0.05, 0.1) is 6.10 Å². The number of hydrogen-bond acceptors (Lipinski definition) is 1. The fourth-order valence-corrected chi connectivity index (χ4v) is 2.06. The summed E-state index contributed by atoms with van der Waals surface area (Å²) < 4.78 is 0. The molecule has 74 valence electrons. The Labute approximate surface area is 77.2 Å². The molecule has 0 bridgehead atoms. The summed E-state index contributed by atoms with van der Waals surface area (Å²) in [6, 6.07) is 0. The summed E-state index contributed by atoms with van der Waals surface area (Å²) >= 11 is 0. The molecule has 0 aromatic rings. The maximum absolute atomic E-state index is 9.62. The van der Waals surface area contributed by atoms with Gasteiger partial charge in [0.1, 0.15) is 0 Å². The molecule has 0 aromatic carbocycles. The van der Waals surface area contributed by atoms with E-state index in [0.717, 1.165) is 0 Å². The van der Waals surface area contributed by atoms with E-state index >= 15 is 0 Å². The Kier molecular flexibility index (Phi) is 5.56. The van der Waals surface area contributed by atoms with Gasteiger partial charge in [0.25, 0.3) is 0 Å². The van der Waals surface area contributed by atoms with Crippen LogP contribution in [-0.2, 0) is 0 Å². The molecule has 0 aliphatic carbocycles. The van der Waals surface area contributed by atoms with Gasteiger partial charge in [-0.1, -0.05) is 40.5 Å². The maximum atomic E-state index is 9.62. The van der Waals surface area contributed by atoms with Gasteiger partial charge < -0.3 is 5.11 Å². The SMILES string of the molecule is CCC(C)C(C(C)O)C(C)CC. The summed E-state index contributed by atoms with van der Waals surface area (Å²) in [6.07, 6.45) is 2.18. The van der Waals surface area contributed by atoms with Gasteiger partial charge in [-0.3, -0.25) is 0 Å². The van der Waals surface area contributed by atoms with Crippen LogP contribution in [0.25, 0.3) is 0 Å². The summed E-state index contributed by atoms with van der Waals surface area (Å²) in [5, 5.41) is 9.62. The molecule has 1 heteroatoms. The normalized spacial score (nSPS) is 21.5. The van der Waals surface area contributed by atoms with Gasteiger partial charge in [-0.15, -0.1) is 0 Å². The van der Waals surface area contributed by atoms with Crippen molar-refractivity contribution in [3.05, 3.63) is 0 Å². The standard InChI is InChI=1S/C11H24O/c1-6-8(3)11(10(5)12)9(4)7-2/h8-12H,6-7H2,1-5H3. The van der Waals surface area contributed by atoms with Gasteiger partial charge in [0, 0.05) is 0 Å². The molecule has 0 aromatic heterocycles. The van der Waals surface area contributed by atoms with Crippen LogP contribution in [0.15, 0.2) is 0 Å². The van der Waals surface area contributed by atoms with E-state index in [1.165, 1.54) is 12.8 Å². The lowest BCUT2D eigenvalue weighted by atomic mass is 9.77. The highest BCUT2D eigenvalue weighted by Crippen LogP contribution is 2.28. The molecule has 0 aliphatic rings. The highest BCUT2D eigenvalue weighted by atomic mass is 16.3. The van der Waals surface area contributed by atoms with Crippen molar-refractivity contribution >= 4 is 0 Å². The number of aliphatic hydroxyl groups is 1. The number of aliphatic hydroxyl groups excluding tert-OH is 1. The van der Waals surface area contributed by atoms with Crippen molar-refractivity contribution in [3.8, 4) is 0 Å². The second-order valence-corrected chi connectivity index (χ2v) is 4.09. The van der Waals surface area contributed by atoms with E-state index in [1.807, 2.05) is 6.92 Å². The van der Waals surface area contributed by atoms with Crippen molar-refractivity contribution in [2.45, 2.75) is 53.6 Å². The van der Waals surface area contributed by atoms with E-state index in [1.54, 1.807) is 0 Å².